The molecule has 0 aliphatic carbocycles. The molecule has 0 unspecified atom stereocenters. The Bertz CT molecular complexity index is 628. The fourth-order valence-electron chi connectivity index (χ4n) is 1.36. The van der Waals surface area contributed by atoms with E-state index in [-0.39, 0.29) is 23.0 Å². The zero-order valence-electron chi connectivity index (χ0n) is 10.2. The molecule has 2 rings (SSSR count). The number of nitrogens with zero attached hydrogens (tertiary/aromatic N) is 4. The summed E-state index contributed by atoms with van der Waals surface area (Å²) in [4.78, 5) is 11.2. The molecule has 108 valence electrons. The number of alkyl halides is 3. The van der Waals surface area contributed by atoms with E-state index in [1.54, 1.807) is 6.92 Å². The van der Waals surface area contributed by atoms with Gasteiger partial charge in [-0.25, -0.2) is 0 Å². The van der Waals surface area contributed by atoms with Crippen LogP contribution in [-0.2, 0) is 15.7 Å². The average molecular weight is 306 g/mol. The minimum Gasteiger partial charge on any atom is -0.465 e. The summed E-state index contributed by atoms with van der Waals surface area (Å²) in [7, 11) is 0. The van der Waals surface area contributed by atoms with Gasteiger partial charge in [-0.05, 0) is 19.1 Å². The molecule has 0 amide bonds. The molecule has 0 aliphatic heterocycles. The monoisotopic (exact) mass is 306 g/mol. The molecule has 0 radical (unpaired) electrons. The van der Waals surface area contributed by atoms with Gasteiger partial charge in [-0.1, -0.05) is 11.8 Å². The summed E-state index contributed by atoms with van der Waals surface area (Å²) >= 11 is 0.977. The van der Waals surface area contributed by atoms with Crippen LogP contribution in [0.4, 0.5) is 13.2 Å². The molecule has 0 fully saturated rings. The standard InChI is InChI=1S/C10H9F3N4O2S/c1-2-19-8(18)5-20-7-4-3-6-14-15-9(10(11,12)13)17(6)16-7/h3-4H,2,5H2,1H3. The fourth-order valence-corrected chi connectivity index (χ4v) is 2.01. The summed E-state index contributed by atoms with van der Waals surface area (Å²) in [5, 5.41) is 10.4. The number of carbonyl (C=O) groups excluding carboxylic acids is 1. The number of carbonyl (C=O) groups is 1. The zero-order valence-corrected chi connectivity index (χ0v) is 11.0. The van der Waals surface area contributed by atoms with Gasteiger partial charge in [0.2, 0.25) is 0 Å². The van der Waals surface area contributed by atoms with Gasteiger partial charge >= 0.3 is 12.1 Å². The first kappa shape index (κ1) is 14.6. The molecule has 2 heterocycles. The lowest BCUT2D eigenvalue weighted by Crippen LogP contribution is -2.13. The van der Waals surface area contributed by atoms with Gasteiger partial charge in [0.25, 0.3) is 5.82 Å². The Morgan fingerprint density at radius 3 is 2.80 bits per heavy atom. The molecule has 0 atom stereocenters. The molecule has 0 spiro atoms. The molecule has 0 aromatic carbocycles. The van der Waals surface area contributed by atoms with Crippen molar-refractivity contribution in [2.45, 2.75) is 18.1 Å². The Hall–Kier alpha value is -1.84. The van der Waals surface area contributed by atoms with Crippen LogP contribution in [0.3, 0.4) is 0 Å². The molecule has 2 aromatic heterocycles. The largest absolute Gasteiger partial charge is 0.465 e. The number of rotatable bonds is 4. The van der Waals surface area contributed by atoms with Crippen LogP contribution in [0.15, 0.2) is 17.2 Å². The first-order chi connectivity index (χ1) is 9.41. The topological polar surface area (TPSA) is 69.4 Å². The van der Waals surface area contributed by atoms with E-state index in [1.165, 1.54) is 12.1 Å². The van der Waals surface area contributed by atoms with E-state index >= 15 is 0 Å². The smallest absolute Gasteiger partial charge is 0.453 e. The van der Waals surface area contributed by atoms with E-state index in [9.17, 15) is 18.0 Å². The Morgan fingerprint density at radius 2 is 2.15 bits per heavy atom. The maximum atomic E-state index is 12.7. The van der Waals surface area contributed by atoms with E-state index in [0.29, 0.717) is 4.52 Å². The van der Waals surface area contributed by atoms with Gasteiger partial charge in [0.15, 0.2) is 5.65 Å². The first-order valence-corrected chi connectivity index (χ1v) is 6.48. The van der Waals surface area contributed by atoms with Crippen molar-refractivity contribution in [3.63, 3.8) is 0 Å². The molecule has 0 saturated heterocycles. The third kappa shape index (κ3) is 3.18. The number of hydrogen-bond donors (Lipinski definition) is 0. The van der Waals surface area contributed by atoms with Crippen LogP contribution in [0.1, 0.15) is 12.7 Å². The Morgan fingerprint density at radius 1 is 1.40 bits per heavy atom. The van der Waals surface area contributed by atoms with E-state index < -0.39 is 18.0 Å². The Balaban J connectivity index is 2.22. The number of ether oxygens (including phenoxy) is 1. The van der Waals surface area contributed by atoms with Crippen molar-refractivity contribution >= 4 is 23.4 Å². The molecule has 6 nitrogen and oxygen atoms in total. The molecule has 0 bridgehead atoms. The van der Waals surface area contributed by atoms with E-state index in [2.05, 4.69) is 15.3 Å². The van der Waals surface area contributed by atoms with E-state index in [4.69, 9.17) is 4.74 Å². The van der Waals surface area contributed by atoms with Crippen molar-refractivity contribution < 1.29 is 22.7 Å². The first-order valence-electron chi connectivity index (χ1n) is 5.50. The van der Waals surface area contributed by atoms with Crippen LogP contribution in [0.5, 0.6) is 0 Å². The van der Waals surface area contributed by atoms with Gasteiger partial charge in [-0.15, -0.1) is 10.2 Å². The summed E-state index contributed by atoms with van der Waals surface area (Å²) in [6, 6.07) is 2.82. The molecular weight excluding hydrogens is 297 g/mol. The lowest BCUT2D eigenvalue weighted by atomic mass is 10.5. The molecular formula is C10H9F3N4O2S. The third-order valence-corrected chi connectivity index (χ3v) is 3.03. The van der Waals surface area contributed by atoms with Gasteiger partial charge in [0, 0.05) is 0 Å². The van der Waals surface area contributed by atoms with Crippen LogP contribution in [0.2, 0.25) is 0 Å². The van der Waals surface area contributed by atoms with Crippen molar-refractivity contribution in [1.82, 2.24) is 19.8 Å². The maximum Gasteiger partial charge on any atom is 0.453 e. The van der Waals surface area contributed by atoms with Crippen LogP contribution >= 0.6 is 11.8 Å². The highest BCUT2D eigenvalue weighted by atomic mass is 32.2. The third-order valence-electron chi connectivity index (χ3n) is 2.14. The van der Waals surface area contributed by atoms with Crippen LogP contribution in [0, 0.1) is 0 Å². The molecule has 20 heavy (non-hydrogen) atoms. The second-order valence-electron chi connectivity index (χ2n) is 3.56. The summed E-state index contributed by atoms with van der Waals surface area (Å²) < 4.78 is 43.3. The molecule has 0 aliphatic rings. The van der Waals surface area contributed by atoms with Gasteiger partial charge in [0.05, 0.1) is 12.4 Å². The van der Waals surface area contributed by atoms with Gasteiger partial charge in [-0.2, -0.15) is 22.8 Å². The minimum absolute atomic E-state index is 0.0159. The number of aromatic nitrogens is 4. The number of thioether (sulfide) groups is 1. The highest BCUT2D eigenvalue weighted by molar-refractivity contribution is 7.99. The SMILES string of the molecule is CCOC(=O)CSc1ccc2nnc(C(F)(F)F)n2n1. The van der Waals surface area contributed by atoms with Gasteiger partial charge in [0.1, 0.15) is 5.03 Å². The summed E-state index contributed by atoms with van der Waals surface area (Å²) in [6.07, 6.45) is -4.64. The number of halogens is 3. The van der Waals surface area contributed by atoms with Gasteiger partial charge in [-0.3, -0.25) is 4.79 Å². The molecule has 10 heteroatoms. The second kappa shape index (κ2) is 5.65. The van der Waals surface area contributed by atoms with E-state index in [1.807, 2.05) is 0 Å². The second-order valence-corrected chi connectivity index (χ2v) is 4.55. The normalized spacial score (nSPS) is 11.8. The van der Waals surface area contributed by atoms with Crippen molar-refractivity contribution in [3.05, 3.63) is 18.0 Å². The Kier molecular flexibility index (Phi) is 4.12. The lowest BCUT2D eigenvalue weighted by Gasteiger charge is -2.04. The van der Waals surface area contributed by atoms with Crippen LogP contribution < -0.4 is 0 Å². The molecule has 2 aromatic rings. The van der Waals surface area contributed by atoms with Crippen molar-refractivity contribution in [2.75, 3.05) is 12.4 Å². The average Bonchev–Trinajstić information content (AvgIpc) is 2.79. The van der Waals surface area contributed by atoms with Crippen molar-refractivity contribution in [2.24, 2.45) is 0 Å². The predicted molar refractivity (Wildman–Crippen MR) is 63.1 cm³/mol. The zero-order chi connectivity index (χ0) is 14.8. The summed E-state index contributed by atoms with van der Waals surface area (Å²) in [6.45, 7) is 1.91. The Labute approximate surface area is 115 Å². The molecule has 0 N–H and O–H groups in total. The number of hydrogen-bond acceptors (Lipinski definition) is 6. The predicted octanol–water partition coefficient (Wildman–Crippen LogP) is 1.80. The molecule has 0 saturated carbocycles. The summed E-state index contributed by atoms with van der Waals surface area (Å²) in [5.41, 5.74) is -0.0159. The van der Waals surface area contributed by atoms with Gasteiger partial charge < -0.3 is 4.74 Å². The van der Waals surface area contributed by atoms with Crippen molar-refractivity contribution in [3.8, 4) is 0 Å². The maximum absolute atomic E-state index is 12.7. The minimum atomic E-state index is -4.64. The van der Waals surface area contributed by atoms with Crippen molar-refractivity contribution in [1.29, 1.82) is 0 Å². The van der Waals surface area contributed by atoms with Crippen LogP contribution in [-0.4, -0.2) is 38.1 Å². The highest BCUT2D eigenvalue weighted by Crippen LogP contribution is 2.28. The highest BCUT2D eigenvalue weighted by Gasteiger charge is 2.37. The fraction of sp³-hybridized carbons (Fsp3) is 0.400. The number of fused-ring (bicyclic) bond motifs is 1. The van der Waals surface area contributed by atoms with E-state index in [0.717, 1.165) is 11.8 Å². The lowest BCUT2D eigenvalue weighted by molar-refractivity contribution is -0.146. The quantitative estimate of drug-likeness (QED) is 0.634. The number of esters is 1. The van der Waals surface area contributed by atoms with Crippen LogP contribution in [0.25, 0.3) is 5.65 Å². The summed E-state index contributed by atoms with van der Waals surface area (Å²) in [5.74, 6) is -1.69.